The van der Waals surface area contributed by atoms with Crippen molar-refractivity contribution in [2.24, 2.45) is 5.10 Å². The maximum Gasteiger partial charge on any atom is 0.250 e. The van der Waals surface area contributed by atoms with Gasteiger partial charge in [-0.25, -0.2) is 5.43 Å². The van der Waals surface area contributed by atoms with Crippen molar-refractivity contribution in [1.29, 1.82) is 0 Å². The molecular weight excluding hydrogens is 496 g/mol. The lowest BCUT2D eigenvalue weighted by Gasteiger charge is -2.08. The number of carbonyl (C=O) groups excluding carboxylic acids is 1. The van der Waals surface area contributed by atoms with E-state index in [4.69, 9.17) is 16.3 Å². The highest BCUT2D eigenvalue weighted by molar-refractivity contribution is 8.03. The van der Waals surface area contributed by atoms with Gasteiger partial charge < -0.3 is 4.74 Å². The molecule has 6 nitrogen and oxygen atoms in total. The van der Waals surface area contributed by atoms with Gasteiger partial charge in [-0.3, -0.25) is 4.79 Å². The smallest absolute Gasteiger partial charge is 0.250 e. The number of hydrogen-bond acceptors (Lipinski definition) is 8. The minimum atomic E-state index is -0.226. The van der Waals surface area contributed by atoms with Gasteiger partial charge in [0.05, 0.1) is 19.1 Å². The molecule has 1 aromatic heterocycles. The highest BCUT2D eigenvalue weighted by Crippen LogP contribution is 2.32. The van der Waals surface area contributed by atoms with Gasteiger partial charge in [0.15, 0.2) is 8.68 Å². The molecule has 33 heavy (non-hydrogen) atoms. The van der Waals surface area contributed by atoms with E-state index in [9.17, 15) is 4.79 Å². The molecular formula is C23H19ClN4O2S3. The van der Waals surface area contributed by atoms with Crippen molar-refractivity contribution in [3.63, 3.8) is 0 Å². The van der Waals surface area contributed by atoms with Gasteiger partial charge >= 0.3 is 0 Å². The Morgan fingerprint density at radius 1 is 1.09 bits per heavy atom. The quantitative estimate of drug-likeness (QED) is 0.170. The van der Waals surface area contributed by atoms with Crippen molar-refractivity contribution in [2.45, 2.75) is 14.4 Å². The highest BCUT2D eigenvalue weighted by Gasteiger charge is 2.10. The van der Waals surface area contributed by atoms with E-state index in [1.165, 1.54) is 23.1 Å². The fraction of sp³-hybridized carbons (Fsp3) is 0.130. The Labute approximate surface area is 208 Å². The van der Waals surface area contributed by atoms with Crippen molar-refractivity contribution >= 4 is 69.4 Å². The molecule has 168 valence electrons. The zero-order valence-electron chi connectivity index (χ0n) is 17.5. The van der Waals surface area contributed by atoms with Crippen LogP contribution >= 0.6 is 46.5 Å². The van der Waals surface area contributed by atoms with Crippen molar-refractivity contribution < 1.29 is 9.53 Å². The first kappa shape index (κ1) is 23.6. The van der Waals surface area contributed by atoms with Crippen LogP contribution in [0.4, 0.5) is 0 Å². The summed E-state index contributed by atoms with van der Waals surface area (Å²) in [6.07, 6.45) is 1.61. The van der Waals surface area contributed by atoms with E-state index in [-0.39, 0.29) is 11.7 Å². The van der Waals surface area contributed by atoms with Crippen molar-refractivity contribution in [3.05, 3.63) is 76.8 Å². The molecule has 4 rings (SSSR count). The van der Waals surface area contributed by atoms with Crippen molar-refractivity contribution in [2.75, 3.05) is 12.9 Å². The largest absolute Gasteiger partial charge is 0.496 e. The molecule has 0 atom stereocenters. The summed E-state index contributed by atoms with van der Waals surface area (Å²) in [5, 5.41) is 15.3. The molecule has 0 aliphatic rings. The Morgan fingerprint density at radius 3 is 2.67 bits per heavy atom. The number of nitrogens with one attached hydrogen (secondary N) is 1. The molecule has 0 saturated heterocycles. The Kier molecular flexibility index (Phi) is 8.22. The second kappa shape index (κ2) is 11.5. The van der Waals surface area contributed by atoms with E-state index in [2.05, 4.69) is 20.7 Å². The Balaban J connectivity index is 1.30. The average molecular weight is 515 g/mol. The van der Waals surface area contributed by atoms with Crippen LogP contribution < -0.4 is 10.2 Å². The van der Waals surface area contributed by atoms with Gasteiger partial charge in [0.25, 0.3) is 5.91 Å². The lowest BCUT2D eigenvalue weighted by atomic mass is 10.0. The Morgan fingerprint density at radius 2 is 1.85 bits per heavy atom. The van der Waals surface area contributed by atoms with Gasteiger partial charge in [0.1, 0.15) is 5.75 Å². The first-order valence-corrected chi connectivity index (χ1v) is 13.0. The molecule has 0 unspecified atom stereocenters. The first-order valence-electron chi connectivity index (χ1n) is 9.84. The lowest BCUT2D eigenvalue weighted by molar-refractivity contribution is -0.118. The summed E-state index contributed by atoms with van der Waals surface area (Å²) in [6, 6.07) is 19.5. The highest BCUT2D eigenvalue weighted by atomic mass is 35.5. The fourth-order valence-corrected chi connectivity index (χ4v) is 6.08. The number of halogens is 1. The third-order valence-corrected chi connectivity index (χ3v) is 8.16. The normalized spacial score (nSPS) is 11.2. The number of thioether (sulfide) groups is 2. The van der Waals surface area contributed by atoms with Crippen LogP contribution in [0.15, 0.2) is 74.4 Å². The van der Waals surface area contributed by atoms with Gasteiger partial charge in [-0.05, 0) is 28.5 Å². The minimum Gasteiger partial charge on any atom is -0.496 e. The van der Waals surface area contributed by atoms with E-state index in [0.29, 0.717) is 11.5 Å². The molecule has 1 heterocycles. The SMILES string of the molecule is COc1ccc2ccccc2c1/C=N/NC(=O)CSc1nnc(SCc2ccccc2Cl)s1. The molecule has 0 aliphatic heterocycles. The van der Waals surface area contributed by atoms with Gasteiger partial charge in [-0.1, -0.05) is 95.0 Å². The van der Waals surface area contributed by atoms with E-state index in [1.54, 1.807) is 25.1 Å². The first-order chi connectivity index (χ1) is 16.1. The van der Waals surface area contributed by atoms with Crippen LogP contribution in [0, 0.1) is 0 Å². The maximum absolute atomic E-state index is 12.2. The molecule has 0 fully saturated rings. The second-order valence-electron chi connectivity index (χ2n) is 6.70. The van der Waals surface area contributed by atoms with Gasteiger partial charge in [0, 0.05) is 16.3 Å². The topological polar surface area (TPSA) is 76.5 Å². The Hall–Kier alpha value is -2.59. The zero-order chi connectivity index (χ0) is 23.0. The standard InChI is InChI=1S/C23H19ClN4O2S3/c1-30-20-11-10-15-6-2-4-8-17(15)18(20)12-25-26-21(29)14-32-23-28-27-22(33-23)31-13-16-7-3-5-9-19(16)24/h2-12H,13-14H2,1H3,(H,26,29)/b25-12+. The average Bonchev–Trinajstić information content (AvgIpc) is 3.30. The number of amides is 1. The monoisotopic (exact) mass is 514 g/mol. The molecule has 3 aromatic carbocycles. The predicted octanol–water partition coefficient (Wildman–Crippen LogP) is 5.89. The maximum atomic E-state index is 12.2. The number of fused-ring (bicyclic) bond motifs is 1. The fourth-order valence-electron chi connectivity index (χ4n) is 2.98. The van der Waals surface area contributed by atoms with Crippen molar-refractivity contribution in [1.82, 2.24) is 15.6 Å². The summed E-state index contributed by atoms with van der Waals surface area (Å²) in [5.41, 5.74) is 4.43. The van der Waals surface area contributed by atoms with Crippen LogP contribution in [-0.2, 0) is 10.5 Å². The predicted molar refractivity (Wildman–Crippen MR) is 138 cm³/mol. The summed E-state index contributed by atoms with van der Waals surface area (Å²) < 4.78 is 7.00. The molecule has 0 bridgehead atoms. The molecule has 1 amide bonds. The van der Waals surface area contributed by atoms with Crippen LogP contribution in [0.2, 0.25) is 5.02 Å². The lowest BCUT2D eigenvalue weighted by Crippen LogP contribution is -2.19. The number of hydrogen-bond donors (Lipinski definition) is 1. The van der Waals surface area contributed by atoms with Crippen molar-refractivity contribution in [3.8, 4) is 5.75 Å². The summed E-state index contributed by atoms with van der Waals surface area (Å²) in [4.78, 5) is 12.2. The molecule has 1 N–H and O–H groups in total. The summed E-state index contributed by atoms with van der Waals surface area (Å²) >= 11 is 10.5. The molecule has 0 spiro atoms. The Bertz CT molecular complexity index is 1300. The van der Waals surface area contributed by atoms with Gasteiger partial charge in [0.2, 0.25) is 0 Å². The molecule has 0 radical (unpaired) electrons. The molecule has 10 heteroatoms. The number of ether oxygens (including phenoxy) is 1. The summed E-state index contributed by atoms with van der Waals surface area (Å²) in [5.74, 6) is 1.37. The van der Waals surface area contributed by atoms with E-state index >= 15 is 0 Å². The number of hydrazone groups is 1. The van der Waals surface area contributed by atoms with E-state index in [0.717, 1.165) is 35.6 Å². The van der Waals surface area contributed by atoms with Gasteiger partial charge in [-0.15, -0.1) is 10.2 Å². The van der Waals surface area contributed by atoms with Crippen LogP contribution in [0.1, 0.15) is 11.1 Å². The van der Waals surface area contributed by atoms with Crippen LogP contribution in [0.5, 0.6) is 5.75 Å². The zero-order valence-corrected chi connectivity index (χ0v) is 20.7. The van der Waals surface area contributed by atoms with E-state index < -0.39 is 0 Å². The van der Waals surface area contributed by atoms with E-state index in [1.807, 2.05) is 60.7 Å². The number of methoxy groups -OCH3 is 1. The van der Waals surface area contributed by atoms with Crippen LogP contribution in [0.3, 0.4) is 0 Å². The second-order valence-corrected chi connectivity index (χ2v) is 10.5. The number of aromatic nitrogens is 2. The van der Waals surface area contributed by atoms with Gasteiger partial charge in [-0.2, -0.15) is 5.10 Å². The third kappa shape index (κ3) is 6.26. The minimum absolute atomic E-state index is 0.188. The summed E-state index contributed by atoms with van der Waals surface area (Å²) in [6.45, 7) is 0. The number of benzene rings is 3. The molecule has 0 aliphatic carbocycles. The number of carbonyl (C=O) groups is 1. The molecule has 4 aromatic rings. The summed E-state index contributed by atoms with van der Waals surface area (Å²) in [7, 11) is 1.61. The van der Waals surface area contributed by atoms with Crippen LogP contribution in [-0.4, -0.2) is 35.2 Å². The number of rotatable bonds is 9. The molecule has 0 saturated carbocycles. The third-order valence-electron chi connectivity index (χ3n) is 4.56. The number of nitrogens with zero attached hydrogens (tertiary/aromatic N) is 3. The van der Waals surface area contributed by atoms with Crippen LogP contribution in [0.25, 0.3) is 10.8 Å².